The van der Waals surface area contributed by atoms with Gasteiger partial charge in [0.05, 0.1) is 0 Å². The Morgan fingerprint density at radius 2 is 0.583 bits per heavy atom. The van der Waals surface area contributed by atoms with Crippen molar-refractivity contribution in [1.29, 1.82) is 0 Å². The Kier molecular flexibility index (Phi) is 4.19. The van der Waals surface area contributed by atoms with Crippen LogP contribution in [-0.4, -0.2) is 0 Å². The Bertz CT molecular complexity index is 638. The standard InChI is InChI=1S/2C6H5.10FH.2Zn/c2*1-2-4-6-5-3-1;;;;;;;;;;;;/h2*1-5H;10*1H;;/q;;;;;;;;;;;;2*+5/p-10. The molecule has 24 heavy (non-hydrogen) atoms. The molecule has 0 saturated carbocycles. The summed E-state index contributed by atoms with van der Waals surface area (Å²) in [5.41, 5.74) is 0. The van der Waals surface area contributed by atoms with Crippen molar-refractivity contribution >= 4 is 8.32 Å². The molecule has 0 N–H and O–H groups in total. The topological polar surface area (TPSA) is 0 Å². The van der Waals surface area contributed by atoms with Gasteiger partial charge in [-0.05, 0) is 0 Å². The van der Waals surface area contributed by atoms with E-state index >= 15 is 0 Å². The zero-order valence-corrected chi connectivity index (χ0v) is 17.9. The molecule has 0 aliphatic carbocycles. The van der Waals surface area contributed by atoms with Gasteiger partial charge in [-0.2, -0.15) is 0 Å². The predicted molar refractivity (Wildman–Crippen MR) is 63.2 cm³/mol. The molecule has 0 radical (unpaired) electrons. The molecular weight excluding hydrogens is 465 g/mol. The van der Waals surface area contributed by atoms with Gasteiger partial charge in [0, 0.05) is 0 Å². The van der Waals surface area contributed by atoms with Crippen LogP contribution in [-0.2, 0) is 29.8 Å². The molecule has 0 unspecified atom stereocenters. The van der Waals surface area contributed by atoms with E-state index in [1.807, 2.05) is 0 Å². The van der Waals surface area contributed by atoms with Crippen LogP contribution in [0.2, 0.25) is 0 Å². The Morgan fingerprint density at radius 1 is 0.375 bits per heavy atom. The normalized spacial score (nSPS) is 15.1. The Labute approximate surface area is 132 Å². The van der Waals surface area contributed by atoms with Crippen molar-refractivity contribution in [2.45, 2.75) is 0 Å². The number of hydrogen-bond donors (Lipinski definition) is 0. The molecule has 0 fully saturated rings. The number of rotatable bonds is 2. The molecule has 0 aromatic heterocycles. The summed E-state index contributed by atoms with van der Waals surface area (Å²) in [6.07, 6.45) is 0. The first kappa shape index (κ1) is 21.0. The summed E-state index contributed by atoms with van der Waals surface area (Å²) in [6.45, 7) is 0. The van der Waals surface area contributed by atoms with Gasteiger partial charge in [0.1, 0.15) is 0 Å². The van der Waals surface area contributed by atoms with Crippen LogP contribution in [0.3, 0.4) is 0 Å². The maximum absolute atomic E-state index is 12.0. The summed E-state index contributed by atoms with van der Waals surface area (Å²) in [5.74, 6) is 0. The van der Waals surface area contributed by atoms with E-state index in [1.54, 1.807) is 0 Å². The van der Waals surface area contributed by atoms with E-state index < -0.39 is 38.1 Å². The Balaban J connectivity index is 0.000000240. The number of hydrogen-bond acceptors (Lipinski definition) is 0. The van der Waals surface area contributed by atoms with Crippen LogP contribution in [0.5, 0.6) is 0 Å². The molecule has 2 aromatic carbocycles. The summed E-state index contributed by atoms with van der Waals surface area (Å²) < 4.78 is 117. The summed E-state index contributed by atoms with van der Waals surface area (Å²) in [4.78, 5) is 0. The van der Waals surface area contributed by atoms with Gasteiger partial charge in [-0.25, -0.2) is 0 Å². The zero-order valence-electron chi connectivity index (χ0n) is 12.0. The molecule has 2 aromatic rings. The van der Waals surface area contributed by atoms with Crippen molar-refractivity contribution in [3.05, 3.63) is 60.7 Å². The first-order valence-corrected chi connectivity index (χ1v) is 21.4. The molecule has 0 amide bonds. The molecule has 0 bridgehead atoms. The van der Waals surface area contributed by atoms with Crippen molar-refractivity contribution < 1.29 is 63.0 Å². The molecule has 0 atom stereocenters. The monoisotopic (exact) mass is 472 g/mol. The van der Waals surface area contributed by atoms with Crippen molar-refractivity contribution in [1.82, 2.24) is 0 Å². The fraction of sp³-hybridized carbons (Fsp3) is 0. The van der Waals surface area contributed by atoms with Crippen LogP contribution in [0.4, 0.5) is 33.2 Å². The third-order valence-corrected chi connectivity index (χ3v) is 11.7. The van der Waals surface area contributed by atoms with E-state index in [0.29, 0.717) is 24.3 Å². The number of benzene rings is 2. The van der Waals surface area contributed by atoms with E-state index in [-0.39, 0.29) is 0 Å². The van der Waals surface area contributed by atoms with Crippen molar-refractivity contribution in [2.75, 3.05) is 0 Å². The van der Waals surface area contributed by atoms with Gasteiger partial charge < -0.3 is 0 Å². The molecule has 0 aliphatic heterocycles. The van der Waals surface area contributed by atoms with Gasteiger partial charge in [0.25, 0.3) is 0 Å². The van der Waals surface area contributed by atoms with E-state index in [1.165, 1.54) is 12.1 Å². The van der Waals surface area contributed by atoms with Crippen LogP contribution in [0.25, 0.3) is 0 Å². The molecule has 0 nitrogen and oxygen atoms in total. The minimum absolute atomic E-state index is 0.403. The molecule has 0 spiro atoms. The second kappa shape index (κ2) is 4.79. The third kappa shape index (κ3) is 6.85. The fourth-order valence-corrected chi connectivity index (χ4v) is 6.73. The van der Waals surface area contributed by atoms with E-state index in [9.17, 15) is 33.2 Å². The Morgan fingerprint density at radius 3 is 0.708 bits per heavy atom. The average Bonchev–Trinajstić information content (AvgIpc) is 2.37. The molecule has 132 valence electrons. The maximum atomic E-state index is 12.0. The van der Waals surface area contributed by atoms with Gasteiger partial charge in [0.2, 0.25) is 0 Å². The molecule has 0 heterocycles. The third-order valence-electron chi connectivity index (χ3n) is 3.23. The first-order chi connectivity index (χ1) is 10.2. The quantitative estimate of drug-likeness (QED) is 0.374. The Hall–Kier alpha value is -1.01. The van der Waals surface area contributed by atoms with Gasteiger partial charge >= 0.3 is 132 Å². The molecule has 2 rings (SSSR count). The summed E-state index contributed by atoms with van der Waals surface area (Å²) >= 11 is -20.9. The minimum atomic E-state index is -10.5. The summed E-state index contributed by atoms with van der Waals surface area (Å²) in [7, 11) is 0. The fourth-order valence-electron chi connectivity index (χ4n) is 1.85. The second-order valence-electron chi connectivity index (χ2n) is 6.33. The van der Waals surface area contributed by atoms with E-state index in [0.717, 1.165) is 24.3 Å². The SMILES string of the molecule is [F][Zn]([F])([F])([F])([F])[c]1ccccc1.[F][Zn]([F])([F])([F])([F])[c]1ccccc1. The number of halogens is 10. The second-order valence-corrected chi connectivity index (χ2v) is 23.8. The van der Waals surface area contributed by atoms with Gasteiger partial charge in [-0.1, -0.05) is 0 Å². The van der Waals surface area contributed by atoms with Crippen molar-refractivity contribution in [3.63, 3.8) is 0 Å². The van der Waals surface area contributed by atoms with Gasteiger partial charge in [-0.3, -0.25) is 0 Å². The zero-order chi connectivity index (χ0) is 19.0. The van der Waals surface area contributed by atoms with Crippen LogP contribution in [0, 0.1) is 0 Å². The van der Waals surface area contributed by atoms with Crippen LogP contribution < -0.4 is 8.32 Å². The molecule has 0 saturated heterocycles. The van der Waals surface area contributed by atoms with Gasteiger partial charge in [0.15, 0.2) is 0 Å². The van der Waals surface area contributed by atoms with Crippen molar-refractivity contribution in [3.8, 4) is 0 Å². The summed E-state index contributed by atoms with van der Waals surface area (Å²) in [6, 6.07) is 7.91. The molecule has 0 aliphatic rings. The average molecular weight is 475 g/mol. The molecule has 12 heteroatoms. The van der Waals surface area contributed by atoms with Gasteiger partial charge in [-0.15, -0.1) is 0 Å². The molecular formula is C12H10F10Zn2. The van der Waals surface area contributed by atoms with Crippen LogP contribution in [0.15, 0.2) is 60.7 Å². The van der Waals surface area contributed by atoms with E-state index in [4.69, 9.17) is 0 Å². The predicted octanol–water partition coefficient (Wildman–Crippen LogP) is 5.92. The summed E-state index contributed by atoms with van der Waals surface area (Å²) in [5, 5.41) is 0. The van der Waals surface area contributed by atoms with Crippen LogP contribution >= 0.6 is 0 Å². The first-order valence-electron chi connectivity index (χ1n) is 7.20. The van der Waals surface area contributed by atoms with Crippen molar-refractivity contribution in [2.24, 2.45) is 0 Å². The van der Waals surface area contributed by atoms with E-state index in [2.05, 4.69) is 0 Å². The van der Waals surface area contributed by atoms with Crippen LogP contribution in [0.1, 0.15) is 0 Å².